The van der Waals surface area contributed by atoms with E-state index in [1.807, 2.05) is 24.3 Å². The Kier molecular flexibility index (Phi) is 7.39. The third-order valence-electron chi connectivity index (χ3n) is 2.47. The van der Waals surface area contributed by atoms with E-state index < -0.39 is 0 Å². The van der Waals surface area contributed by atoms with E-state index in [1.54, 1.807) is 0 Å². The van der Waals surface area contributed by atoms with Crippen LogP contribution in [-0.4, -0.2) is 11.7 Å². The van der Waals surface area contributed by atoms with Crippen molar-refractivity contribution in [1.29, 1.82) is 0 Å². The number of aliphatic hydroxyl groups excluding tert-OH is 1. The van der Waals surface area contributed by atoms with E-state index in [4.69, 9.17) is 11.6 Å². The van der Waals surface area contributed by atoms with Crippen LogP contribution < -0.4 is 6.15 Å². The summed E-state index contributed by atoms with van der Waals surface area (Å²) in [6, 6.07) is 7.76. The van der Waals surface area contributed by atoms with Crippen LogP contribution in [0.25, 0.3) is 0 Å². The molecule has 15 heavy (non-hydrogen) atoms. The summed E-state index contributed by atoms with van der Waals surface area (Å²) in [5, 5.41) is 9.99. The summed E-state index contributed by atoms with van der Waals surface area (Å²) in [5.41, 5.74) is 1.19. The molecule has 3 heteroatoms. The lowest BCUT2D eigenvalue weighted by atomic mass is 9.94. The van der Waals surface area contributed by atoms with Gasteiger partial charge in [0.05, 0.1) is 0 Å². The van der Waals surface area contributed by atoms with E-state index in [2.05, 4.69) is 6.92 Å². The molecule has 86 valence electrons. The van der Waals surface area contributed by atoms with Gasteiger partial charge in [-0.05, 0) is 24.1 Å². The molecule has 2 nitrogen and oxygen atoms in total. The minimum absolute atomic E-state index is 0. The quantitative estimate of drug-likeness (QED) is 0.808. The fourth-order valence-electron chi connectivity index (χ4n) is 1.55. The lowest BCUT2D eigenvalue weighted by molar-refractivity contribution is 0.257. The second-order valence-electron chi connectivity index (χ2n) is 3.57. The highest BCUT2D eigenvalue weighted by atomic mass is 35.5. The Balaban J connectivity index is 0.00000196. The molecule has 0 aliphatic carbocycles. The first-order valence-electron chi connectivity index (χ1n) is 5.14. The Morgan fingerprint density at radius 2 is 1.87 bits per heavy atom. The largest absolute Gasteiger partial charge is 0.396 e. The van der Waals surface area contributed by atoms with Gasteiger partial charge in [0.1, 0.15) is 0 Å². The molecule has 0 saturated carbocycles. The second-order valence-corrected chi connectivity index (χ2v) is 4.01. The van der Waals surface area contributed by atoms with Crippen molar-refractivity contribution in [1.82, 2.24) is 6.15 Å². The van der Waals surface area contributed by atoms with E-state index >= 15 is 0 Å². The van der Waals surface area contributed by atoms with E-state index in [0.29, 0.717) is 0 Å². The number of rotatable bonds is 5. The molecule has 4 N–H and O–H groups in total. The predicted octanol–water partition coefficient (Wildman–Crippen LogP) is 3.77. The maximum Gasteiger partial charge on any atom is 0.0499 e. The molecule has 1 aromatic carbocycles. The smallest absolute Gasteiger partial charge is 0.0499 e. The molecular formula is C12H20ClNO. The Hall–Kier alpha value is -0.570. The first-order chi connectivity index (χ1) is 6.77. The Labute approximate surface area is 96.9 Å². The van der Waals surface area contributed by atoms with Crippen LogP contribution in [0.15, 0.2) is 24.3 Å². The Morgan fingerprint density at radius 1 is 1.27 bits per heavy atom. The third kappa shape index (κ3) is 4.65. The summed E-state index contributed by atoms with van der Waals surface area (Å²) in [6.07, 6.45) is 3.38. The molecule has 1 unspecified atom stereocenters. The van der Waals surface area contributed by atoms with Gasteiger partial charge in [-0.15, -0.1) is 0 Å². The van der Waals surface area contributed by atoms with Crippen molar-refractivity contribution >= 4 is 11.6 Å². The molecule has 0 aliphatic heterocycles. The standard InChI is InChI=1S/C12H17ClO.H3N/c1-2-3-4-11(9-14)10-5-7-12(13)8-6-10;/h5-8,11,14H,2-4,9H2,1H3;1H3. The van der Waals surface area contributed by atoms with Gasteiger partial charge in [-0.2, -0.15) is 0 Å². The van der Waals surface area contributed by atoms with Crippen LogP contribution in [0.5, 0.6) is 0 Å². The van der Waals surface area contributed by atoms with Gasteiger partial charge in [-0.3, -0.25) is 0 Å². The van der Waals surface area contributed by atoms with Gasteiger partial charge < -0.3 is 11.3 Å². The van der Waals surface area contributed by atoms with E-state index in [1.165, 1.54) is 12.0 Å². The predicted molar refractivity (Wildman–Crippen MR) is 65.8 cm³/mol. The lowest BCUT2D eigenvalue weighted by Gasteiger charge is -2.13. The summed E-state index contributed by atoms with van der Waals surface area (Å²) in [7, 11) is 0. The van der Waals surface area contributed by atoms with Crippen molar-refractivity contribution in [3.05, 3.63) is 34.9 Å². The SMILES string of the molecule is CCCCC(CO)c1ccc(Cl)cc1.N. The van der Waals surface area contributed by atoms with Crippen LogP contribution >= 0.6 is 11.6 Å². The first-order valence-corrected chi connectivity index (χ1v) is 5.52. The zero-order valence-electron chi connectivity index (χ0n) is 9.25. The van der Waals surface area contributed by atoms with Crippen LogP contribution in [0, 0.1) is 0 Å². The monoisotopic (exact) mass is 229 g/mol. The molecule has 0 aliphatic rings. The average molecular weight is 230 g/mol. The molecule has 0 aromatic heterocycles. The van der Waals surface area contributed by atoms with Crippen molar-refractivity contribution in [2.24, 2.45) is 0 Å². The third-order valence-corrected chi connectivity index (χ3v) is 2.72. The lowest BCUT2D eigenvalue weighted by Crippen LogP contribution is -2.03. The molecule has 0 fully saturated rings. The number of benzene rings is 1. The first kappa shape index (κ1) is 14.4. The zero-order chi connectivity index (χ0) is 10.4. The van der Waals surface area contributed by atoms with Gasteiger partial charge in [0.2, 0.25) is 0 Å². The van der Waals surface area contributed by atoms with Crippen molar-refractivity contribution in [3.8, 4) is 0 Å². The van der Waals surface area contributed by atoms with Crippen molar-refractivity contribution in [2.45, 2.75) is 32.1 Å². The van der Waals surface area contributed by atoms with Gasteiger partial charge in [0.15, 0.2) is 0 Å². The molecule has 0 heterocycles. The number of hydrogen-bond donors (Lipinski definition) is 2. The fraction of sp³-hybridized carbons (Fsp3) is 0.500. The summed E-state index contributed by atoms with van der Waals surface area (Å²) >= 11 is 5.80. The Morgan fingerprint density at radius 3 is 2.33 bits per heavy atom. The van der Waals surface area contributed by atoms with Crippen molar-refractivity contribution < 1.29 is 5.11 Å². The highest BCUT2D eigenvalue weighted by Gasteiger charge is 2.08. The molecule has 0 radical (unpaired) electrons. The molecule has 0 amide bonds. The summed E-state index contributed by atoms with van der Waals surface area (Å²) in [4.78, 5) is 0. The fourth-order valence-corrected chi connectivity index (χ4v) is 1.67. The van der Waals surface area contributed by atoms with Gasteiger partial charge in [-0.25, -0.2) is 0 Å². The minimum atomic E-state index is 0. The summed E-state index contributed by atoms with van der Waals surface area (Å²) in [5.74, 6) is 0.271. The highest BCUT2D eigenvalue weighted by molar-refractivity contribution is 6.30. The van der Waals surface area contributed by atoms with E-state index in [9.17, 15) is 5.11 Å². The van der Waals surface area contributed by atoms with E-state index in [0.717, 1.165) is 17.9 Å². The van der Waals surface area contributed by atoms with Gasteiger partial charge in [0, 0.05) is 17.5 Å². The molecule has 1 aromatic rings. The van der Waals surface area contributed by atoms with Gasteiger partial charge >= 0.3 is 0 Å². The van der Waals surface area contributed by atoms with Crippen LogP contribution in [0.3, 0.4) is 0 Å². The minimum Gasteiger partial charge on any atom is -0.396 e. The molecule has 0 spiro atoms. The van der Waals surface area contributed by atoms with E-state index in [-0.39, 0.29) is 18.7 Å². The number of aliphatic hydroxyl groups is 1. The second kappa shape index (κ2) is 7.69. The van der Waals surface area contributed by atoms with Crippen LogP contribution in [0.4, 0.5) is 0 Å². The average Bonchev–Trinajstić information content (AvgIpc) is 2.21. The summed E-state index contributed by atoms with van der Waals surface area (Å²) < 4.78 is 0. The van der Waals surface area contributed by atoms with Crippen molar-refractivity contribution in [3.63, 3.8) is 0 Å². The topological polar surface area (TPSA) is 55.2 Å². The molecule has 1 rings (SSSR count). The molecular weight excluding hydrogens is 210 g/mol. The van der Waals surface area contributed by atoms with Gasteiger partial charge in [-0.1, -0.05) is 43.5 Å². The van der Waals surface area contributed by atoms with Crippen LogP contribution in [0.2, 0.25) is 5.02 Å². The zero-order valence-corrected chi connectivity index (χ0v) is 10.0. The highest BCUT2D eigenvalue weighted by Crippen LogP contribution is 2.22. The molecule has 1 atom stereocenters. The van der Waals surface area contributed by atoms with Crippen LogP contribution in [-0.2, 0) is 0 Å². The normalized spacial score (nSPS) is 11.9. The summed E-state index contributed by atoms with van der Waals surface area (Å²) in [6.45, 7) is 2.39. The maximum absolute atomic E-state index is 9.24. The number of unbranched alkanes of at least 4 members (excludes halogenated alkanes) is 1. The van der Waals surface area contributed by atoms with Gasteiger partial charge in [0.25, 0.3) is 0 Å². The maximum atomic E-state index is 9.24. The van der Waals surface area contributed by atoms with Crippen molar-refractivity contribution in [2.75, 3.05) is 6.61 Å². The number of hydrogen-bond acceptors (Lipinski definition) is 2. The molecule has 0 bridgehead atoms. The Bertz CT molecular complexity index is 261. The molecule has 0 saturated heterocycles. The number of halogens is 1. The van der Waals surface area contributed by atoms with Crippen LogP contribution in [0.1, 0.15) is 37.7 Å².